The molecule has 0 aliphatic heterocycles. The molecule has 28 heavy (non-hydrogen) atoms. The van der Waals surface area contributed by atoms with E-state index >= 15 is 0 Å². The van der Waals surface area contributed by atoms with Gasteiger partial charge in [0.15, 0.2) is 6.10 Å². The monoisotopic (exact) mass is 386 g/mol. The van der Waals surface area contributed by atoms with Crippen molar-refractivity contribution in [2.45, 2.75) is 46.6 Å². The Balaban J connectivity index is 1.97. The van der Waals surface area contributed by atoms with Crippen molar-refractivity contribution in [3.8, 4) is 11.5 Å². The zero-order valence-electron chi connectivity index (χ0n) is 16.6. The van der Waals surface area contributed by atoms with E-state index < -0.39 is 18.0 Å². The van der Waals surface area contributed by atoms with E-state index in [-0.39, 0.29) is 5.56 Å². The lowest BCUT2D eigenvalue weighted by Gasteiger charge is -2.19. The van der Waals surface area contributed by atoms with E-state index in [9.17, 15) is 14.7 Å². The summed E-state index contributed by atoms with van der Waals surface area (Å²) in [5.41, 5.74) is 3.48. The molecule has 0 saturated heterocycles. The summed E-state index contributed by atoms with van der Waals surface area (Å²) in [7, 11) is 0. The molecule has 0 amide bonds. The number of rotatable bonds is 9. The Morgan fingerprint density at radius 1 is 0.929 bits per heavy atom. The number of aliphatic carboxylic acids is 1. The average Bonchev–Trinajstić information content (AvgIpc) is 2.61. The molecular weight excluding hydrogens is 360 g/mol. The van der Waals surface area contributed by atoms with Gasteiger partial charge in [-0.1, -0.05) is 18.2 Å². The molecule has 0 radical (unpaired) electrons. The minimum Gasteiger partial charge on any atom is -0.493 e. The standard InChI is InChI=1S/C22H26O6/c1-13-7-5-8-14(2)20(13)28-18(22(25)26)9-6-10-27-19-15(3)11-17(21(23)24)12-16(19)4/h5,7-8,11-12,18H,6,9-10H2,1-4H3,(H,23,24)(H,25,26). The molecule has 1 atom stereocenters. The molecule has 2 aromatic carbocycles. The Kier molecular flexibility index (Phi) is 7.04. The van der Waals surface area contributed by atoms with Gasteiger partial charge in [0.2, 0.25) is 0 Å². The van der Waals surface area contributed by atoms with Crippen molar-refractivity contribution in [2.24, 2.45) is 0 Å². The van der Waals surface area contributed by atoms with Gasteiger partial charge >= 0.3 is 11.9 Å². The van der Waals surface area contributed by atoms with Gasteiger partial charge in [-0.2, -0.15) is 0 Å². The third-order valence-electron chi connectivity index (χ3n) is 4.51. The van der Waals surface area contributed by atoms with Crippen LogP contribution in [-0.2, 0) is 4.79 Å². The Morgan fingerprint density at radius 3 is 2.00 bits per heavy atom. The maximum atomic E-state index is 11.6. The summed E-state index contributed by atoms with van der Waals surface area (Å²) >= 11 is 0. The molecule has 0 spiro atoms. The lowest BCUT2D eigenvalue weighted by molar-refractivity contribution is -0.145. The van der Waals surface area contributed by atoms with Crippen molar-refractivity contribution in [3.05, 3.63) is 58.1 Å². The molecule has 0 aromatic heterocycles. The van der Waals surface area contributed by atoms with Crippen LogP contribution in [-0.4, -0.2) is 34.9 Å². The molecule has 0 aliphatic rings. The fraction of sp³-hybridized carbons (Fsp3) is 0.364. The highest BCUT2D eigenvalue weighted by Gasteiger charge is 2.21. The number of carboxylic acid groups (broad SMARTS) is 2. The number of hydrogen-bond donors (Lipinski definition) is 2. The van der Waals surface area contributed by atoms with Gasteiger partial charge in [-0.05, 0) is 74.9 Å². The second-order valence-electron chi connectivity index (χ2n) is 6.90. The first-order chi connectivity index (χ1) is 13.2. The van der Waals surface area contributed by atoms with Gasteiger partial charge in [-0.15, -0.1) is 0 Å². The summed E-state index contributed by atoms with van der Waals surface area (Å²) in [6.07, 6.45) is -0.171. The first kappa shape index (κ1) is 21.3. The molecule has 1 unspecified atom stereocenters. The second kappa shape index (κ2) is 9.26. The SMILES string of the molecule is Cc1cc(C(=O)O)cc(C)c1OCCCC(Oc1c(C)cccc1C)C(=O)O. The molecule has 2 N–H and O–H groups in total. The van der Waals surface area contributed by atoms with E-state index in [1.54, 1.807) is 26.0 Å². The minimum atomic E-state index is -1.01. The summed E-state index contributed by atoms with van der Waals surface area (Å²) in [6.45, 7) is 7.67. The number of benzene rings is 2. The summed E-state index contributed by atoms with van der Waals surface area (Å²) in [6, 6.07) is 8.80. The van der Waals surface area contributed by atoms with Gasteiger partial charge in [0.1, 0.15) is 11.5 Å². The number of para-hydroxylation sites is 1. The van der Waals surface area contributed by atoms with E-state index in [4.69, 9.17) is 14.6 Å². The number of aryl methyl sites for hydroxylation is 4. The predicted molar refractivity (Wildman–Crippen MR) is 106 cm³/mol. The van der Waals surface area contributed by atoms with Gasteiger partial charge in [-0.25, -0.2) is 9.59 Å². The van der Waals surface area contributed by atoms with Crippen molar-refractivity contribution in [2.75, 3.05) is 6.61 Å². The van der Waals surface area contributed by atoms with E-state index in [0.29, 0.717) is 30.9 Å². The molecule has 150 valence electrons. The molecule has 0 heterocycles. The van der Waals surface area contributed by atoms with Crippen LogP contribution in [0.25, 0.3) is 0 Å². The second-order valence-corrected chi connectivity index (χ2v) is 6.90. The highest BCUT2D eigenvalue weighted by molar-refractivity contribution is 5.88. The van der Waals surface area contributed by atoms with Crippen LogP contribution in [0.15, 0.2) is 30.3 Å². The fourth-order valence-electron chi connectivity index (χ4n) is 3.10. The van der Waals surface area contributed by atoms with Crippen LogP contribution in [0, 0.1) is 27.7 Å². The summed E-state index contributed by atoms with van der Waals surface area (Å²) in [5, 5.41) is 18.6. The van der Waals surface area contributed by atoms with Crippen LogP contribution < -0.4 is 9.47 Å². The predicted octanol–water partition coefficient (Wildman–Crippen LogP) is 4.31. The van der Waals surface area contributed by atoms with Crippen LogP contribution in [0.5, 0.6) is 11.5 Å². The highest BCUT2D eigenvalue weighted by Crippen LogP contribution is 2.26. The Morgan fingerprint density at radius 2 is 1.50 bits per heavy atom. The molecular formula is C22H26O6. The molecule has 2 aromatic rings. The molecule has 2 rings (SSSR count). The third kappa shape index (κ3) is 5.25. The normalized spacial score (nSPS) is 11.7. The van der Waals surface area contributed by atoms with Crippen LogP contribution in [0.1, 0.15) is 45.5 Å². The van der Waals surface area contributed by atoms with Crippen molar-refractivity contribution in [1.29, 1.82) is 0 Å². The van der Waals surface area contributed by atoms with E-state index in [1.807, 2.05) is 32.0 Å². The van der Waals surface area contributed by atoms with Crippen LogP contribution in [0.4, 0.5) is 0 Å². The molecule has 0 fully saturated rings. The van der Waals surface area contributed by atoms with Gasteiger partial charge in [-0.3, -0.25) is 0 Å². The van der Waals surface area contributed by atoms with E-state index in [2.05, 4.69) is 0 Å². The Hall–Kier alpha value is -3.02. The lowest BCUT2D eigenvalue weighted by Crippen LogP contribution is -2.28. The number of carboxylic acids is 2. The first-order valence-corrected chi connectivity index (χ1v) is 9.13. The maximum absolute atomic E-state index is 11.6. The van der Waals surface area contributed by atoms with Crippen molar-refractivity contribution >= 4 is 11.9 Å². The maximum Gasteiger partial charge on any atom is 0.344 e. The number of aromatic carboxylic acids is 1. The molecule has 0 aliphatic carbocycles. The smallest absolute Gasteiger partial charge is 0.344 e. The minimum absolute atomic E-state index is 0.218. The Bertz CT molecular complexity index is 828. The van der Waals surface area contributed by atoms with Crippen molar-refractivity contribution in [1.82, 2.24) is 0 Å². The lowest BCUT2D eigenvalue weighted by atomic mass is 10.1. The molecule has 6 nitrogen and oxygen atoms in total. The molecule has 0 bridgehead atoms. The number of hydrogen-bond acceptors (Lipinski definition) is 4. The van der Waals surface area contributed by atoms with Crippen molar-refractivity contribution in [3.63, 3.8) is 0 Å². The largest absolute Gasteiger partial charge is 0.493 e. The topological polar surface area (TPSA) is 93.1 Å². The number of carbonyl (C=O) groups is 2. The van der Waals surface area contributed by atoms with Crippen LogP contribution in [0.2, 0.25) is 0 Å². The highest BCUT2D eigenvalue weighted by atomic mass is 16.5. The van der Waals surface area contributed by atoms with Gasteiger partial charge in [0.05, 0.1) is 12.2 Å². The fourth-order valence-corrected chi connectivity index (χ4v) is 3.10. The van der Waals surface area contributed by atoms with E-state index in [0.717, 1.165) is 22.3 Å². The Labute approximate surface area is 164 Å². The zero-order chi connectivity index (χ0) is 20.8. The van der Waals surface area contributed by atoms with E-state index in [1.165, 1.54) is 0 Å². The van der Waals surface area contributed by atoms with Gasteiger partial charge < -0.3 is 19.7 Å². The van der Waals surface area contributed by atoms with Crippen LogP contribution >= 0.6 is 0 Å². The quantitative estimate of drug-likeness (QED) is 0.624. The summed E-state index contributed by atoms with van der Waals surface area (Å²) in [4.78, 5) is 22.7. The third-order valence-corrected chi connectivity index (χ3v) is 4.51. The van der Waals surface area contributed by atoms with Gasteiger partial charge in [0.25, 0.3) is 0 Å². The molecule has 6 heteroatoms. The van der Waals surface area contributed by atoms with Gasteiger partial charge in [0, 0.05) is 0 Å². The zero-order valence-corrected chi connectivity index (χ0v) is 16.6. The first-order valence-electron chi connectivity index (χ1n) is 9.13. The van der Waals surface area contributed by atoms with Crippen molar-refractivity contribution < 1.29 is 29.3 Å². The average molecular weight is 386 g/mol. The molecule has 0 saturated carbocycles. The summed E-state index contributed by atoms with van der Waals surface area (Å²) in [5.74, 6) is -0.758. The van der Waals surface area contributed by atoms with Crippen LogP contribution in [0.3, 0.4) is 0 Å². The number of ether oxygens (including phenoxy) is 2. The summed E-state index contributed by atoms with van der Waals surface area (Å²) < 4.78 is 11.5.